The molecule has 1 aliphatic rings. The summed E-state index contributed by atoms with van der Waals surface area (Å²) in [7, 11) is 0. The molecule has 1 aliphatic heterocycles. The van der Waals surface area contributed by atoms with Gasteiger partial charge in [0.05, 0.1) is 5.69 Å². The summed E-state index contributed by atoms with van der Waals surface area (Å²) < 4.78 is 0. The second-order valence-electron chi connectivity index (χ2n) is 6.86. The Hall–Kier alpha value is -3.17. The van der Waals surface area contributed by atoms with Gasteiger partial charge in [0, 0.05) is 10.6 Å². The van der Waals surface area contributed by atoms with Crippen molar-refractivity contribution in [3.05, 3.63) is 106 Å². The normalized spacial score (nSPS) is 15.2. The van der Waals surface area contributed by atoms with Gasteiger partial charge in [-0.1, -0.05) is 65.2 Å². The number of amidine groups is 1. The highest BCUT2D eigenvalue weighted by Crippen LogP contribution is 2.28. The number of halogens is 1. The van der Waals surface area contributed by atoms with Crippen LogP contribution in [-0.2, 0) is 4.79 Å². The molecule has 4 heteroatoms. The van der Waals surface area contributed by atoms with E-state index in [1.54, 1.807) is 23.1 Å². The molecule has 3 aromatic carbocycles. The molecule has 1 heterocycles. The van der Waals surface area contributed by atoms with E-state index < -0.39 is 0 Å². The molecule has 0 fully saturated rings. The number of aryl methyl sites for hydroxylation is 2. The molecule has 0 aromatic heterocycles. The zero-order valence-corrected chi connectivity index (χ0v) is 16.4. The maximum absolute atomic E-state index is 13.2. The van der Waals surface area contributed by atoms with Crippen molar-refractivity contribution < 1.29 is 4.79 Å². The van der Waals surface area contributed by atoms with Crippen LogP contribution in [0.25, 0.3) is 6.08 Å². The highest BCUT2D eigenvalue weighted by atomic mass is 35.5. The van der Waals surface area contributed by atoms with Gasteiger partial charge in [-0.25, -0.2) is 4.99 Å². The largest absolute Gasteiger partial charge is 0.282 e. The van der Waals surface area contributed by atoms with Crippen molar-refractivity contribution in [1.82, 2.24) is 0 Å². The van der Waals surface area contributed by atoms with Crippen LogP contribution in [0, 0.1) is 13.8 Å². The van der Waals surface area contributed by atoms with Crippen molar-refractivity contribution in [3.8, 4) is 0 Å². The Labute approximate surface area is 169 Å². The summed E-state index contributed by atoms with van der Waals surface area (Å²) in [6.07, 6.45) is 1.79. The molecule has 0 spiro atoms. The van der Waals surface area contributed by atoms with Crippen molar-refractivity contribution in [2.75, 3.05) is 4.90 Å². The minimum atomic E-state index is -0.143. The summed E-state index contributed by atoms with van der Waals surface area (Å²) in [6.45, 7) is 4.05. The van der Waals surface area contributed by atoms with Crippen LogP contribution in [-0.4, -0.2) is 11.7 Å². The monoisotopic (exact) mass is 386 g/mol. The molecular weight excluding hydrogens is 368 g/mol. The van der Waals surface area contributed by atoms with Crippen LogP contribution in [0.4, 0.5) is 5.69 Å². The molecule has 0 saturated carbocycles. The maximum atomic E-state index is 13.2. The highest BCUT2D eigenvalue weighted by Gasteiger charge is 2.32. The zero-order chi connectivity index (χ0) is 19.7. The third-order valence-electron chi connectivity index (χ3n) is 4.60. The average Bonchev–Trinajstić information content (AvgIpc) is 3.01. The van der Waals surface area contributed by atoms with Gasteiger partial charge in [0.15, 0.2) is 0 Å². The Bertz CT molecular complexity index is 1100. The van der Waals surface area contributed by atoms with Gasteiger partial charge in [0.1, 0.15) is 11.5 Å². The Balaban J connectivity index is 1.82. The number of rotatable bonds is 3. The fourth-order valence-electron chi connectivity index (χ4n) is 3.14. The minimum absolute atomic E-state index is 0.143. The summed E-state index contributed by atoms with van der Waals surface area (Å²) in [5.74, 6) is 0.494. The fraction of sp³-hybridized carbons (Fsp3) is 0.0833. The Morgan fingerprint density at radius 3 is 2.29 bits per heavy atom. The SMILES string of the molecule is Cc1ccc(N2C(=O)/C(=C\c3ccc(Cl)cc3)N=C2c2cccc(C)c2)cc1. The van der Waals surface area contributed by atoms with E-state index in [2.05, 4.69) is 0 Å². The predicted molar refractivity (Wildman–Crippen MR) is 116 cm³/mol. The topological polar surface area (TPSA) is 32.7 Å². The number of carbonyl (C=O) groups excluding carboxylic acids is 1. The van der Waals surface area contributed by atoms with Crippen molar-refractivity contribution in [1.29, 1.82) is 0 Å². The third kappa shape index (κ3) is 3.62. The van der Waals surface area contributed by atoms with Gasteiger partial charge in [-0.3, -0.25) is 9.69 Å². The number of anilines is 1. The van der Waals surface area contributed by atoms with Crippen LogP contribution in [0.5, 0.6) is 0 Å². The Morgan fingerprint density at radius 1 is 0.893 bits per heavy atom. The van der Waals surface area contributed by atoms with Crippen LogP contribution in [0.2, 0.25) is 5.02 Å². The first-order chi connectivity index (χ1) is 13.5. The van der Waals surface area contributed by atoms with E-state index in [0.717, 1.165) is 27.9 Å². The second-order valence-corrected chi connectivity index (χ2v) is 7.30. The van der Waals surface area contributed by atoms with Gasteiger partial charge < -0.3 is 0 Å². The third-order valence-corrected chi connectivity index (χ3v) is 4.85. The van der Waals surface area contributed by atoms with E-state index in [-0.39, 0.29) is 5.91 Å². The van der Waals surface area contributed by atoms with E-state index in [1.165, 1.54) is 0 Å². The van der Waals surface area contributed by atoms with E-state index in [4.69, 9.17) is 16.6 Å². The molecule has 138 valence electrons. The van der Waals surface area contributed by atoms with Crippen LogP contribution in [0.15, 0.2) is 83.5 Å². The van der Waals surface area contributed by atoms with E-state index >= 15 is 0 Å². The van der Waals surface area contributed by atoms with Gasteiger partial charge in [-0.15, -0.1) is 0 Å². The van der Waals surface area contributed by atoms with Crippen LogP contribution in [0.3, 0.4) is 0 Å². The minimum Gasteiger partial charge on any atom is -0.266 e. The standard InChI is InChI=1S/C24H19ClN2O/c1-16-6-12-21(13-7-16)27-23(19-5-3-4-17(2)14-19)26-22(24(27)28)15-18-8-10-20(25)11-9-18/h3-15H,1-2H3/b22-15+. The molecule has 0 N–H and O–H groups in total. The molecular formula is C24H19ClN2O. The lowest BCUT2D eigenvalue weighted by Crippen LogP contribution is -2.32. The lowest BCUT2D eigenvalue weighted by atomic mass is 10.1. The van der Waals surface area contributed by atoms with E-state index in [1.807, 2.05) is 74.5 Å². The number of carbonyl (C=O) groups is 1. The molecule has 3 nitrogen and oxygen atoms in total. The van der Waals surface area contributed by atoms with Gasteiger partial charge in [-0.05, 0) is 55.8 Å². The number of benzene rings is 3. The molecule has 3 aromatic rings. The average molecular weight is 387 g/mol. The molecule has 0 bridgehead atoms. The Morgan fingerprint density at radius 2 is 1.61 bits per heavy atom. The first-order valence-electron chi connectivity index (χ1n) is 9.05. The summed E-state index contributed by atoms with van der Waals surface area (Å²) >= 11 is 5.97. The maximum Gasteiger partial charge on any atom is 0.282 e. The summed E-state index contributed by atoms with van der Waals surface area (Å²) in [6, 6.07) is 23.3. The summed E-state index contributed by atoms with van der Waals surface area (Å²) in [5.41, 5.74) is 5.25. The summed E-state index contributed by atoms with van der Waals surface area (Å²) in [4.78, 5) is 19.6. The number of hydrogen-bond donors (Lipinski definition) is 0. The molecule has 4 rings (SSSR count). The highest BCUT2D eigenvalue weighted by molar-refractivity contribution is 6.33. The predicted octanol–water partition coefficient (Wildman–Crippen LogP) is 5.79. The first kappa shape index (κ1) is 18.2. The number of aliphatic imine (C=N–C) groups is 1. The van der Waals surface area contributed by atoms with Crippen molar-refractivity contribution >= 4 is 35.1 Å². The summed E-state index contributed by atoms with van der Waals surface area (Å²) in [5, 5.41) is 0.658. The van der Waals surface area contributed by atoms with Gasteiger partial charge in [0.2, 0.25) is 0 Å². The van der Waals surface area contributed by atoms with Gasteiger partial charge >= 0.3 is 0 Å². The van der Waals surface area contributed by atoms with Gasteiger partial charge in [-0.2, -0.15) is 0 Å². The number of amides is 1. The quantitative estimate of drug-likeness (QED) is 0.524. The second kappa shape index (κ2) is 7.45. The van der Waals surface area contributed by atoms with Crippen LogP contribution >= 0.6 is 11.6 Å². The van der Waals surface area contributed by atoms with E-state index in [9.17, 15) is 4.79 Å². The van der Waals surface area contributed by atoms with E-state index in [0.29, 0.717) is 16.6 Å². The molecule has 1 amide bonds. The molecule has 28 heavy (non-hydrogen) atoms. The van der Waals surface area contributed by atoms with Gasteiger partial charge in [0.25, 0.3) is 5.91 Å². The number of hydrogen-bond acceptors (Lipinski definition) is 2. The molecule has 0 saturated heterocycles. The molecule has 0 atom stereocenters. The van der Waals surface area contributed by atoms with Crippen molar-refractivity contribution in [2.45, 2.75) is 13.8 Å². The van der Waals surface area contributed by atoms with Crippen LogP contribution < -0.4 is 4.90 Å². The molecule has 0 aliphatic carbocycles. The fourth-order valence-corrected chi connectivity index (χ4v) is 3.27. The lowest BCUT2D eigenvalue weighted by molar-refractivity contribution is -0.113. The molecule has 0 radical (unpaired) electrons. The van der Waals surface area contributed by atoms with Crippen molar-refractivity contribution in [2.24, 2.45) is 4.99 Å². The smallest absolute Gasteiger partial charge is 0.266 e. The zero-order valence-electron chi connectivity index (χ0n) is 15.7. The first-order valence-corrected chi connectivity index (χ1v) is 9.43. The van der Waals surface area contributed by atoms with Crippen LogP contribution in [0.1, 0.15) is 22.3 Å². The lowest BCUT2D eigenvalue weighted by Gasteiger charge is -2.19. The number of nitrogens with zero attached hydrogens (tertiary/aromatic N) is 2. The van der Waals surface area contributed by atoms with Crippen molar-refractivity contribution in [3.63, 3.8) is 0 Å². The molecule has 0 unspecified atom stereocenters. The Kier molecular flexibility index (Phi) is 4.84.